The monoisotopic (exact) mass is 958 g/mol. The Kier molecular flexibility index (Phi) is 9.10. The molecule has 0 unspecified atom stereocenters. The fourth-order valence-electron chi connectivity index (χ4n) is 13.2. The Morgan fingerprint density at radius 1 is 0.507 bits per heavy atom. The van der Waals surface area contributed by atoms with Gasteiger partial charge >= 0.3 is 0 Å². The Morgan fingerprint density at radius 3 is 1.82 bits per heavy atom. The van der Waals surface area contributed by atoms with E-state index in [0.29, 0.717) is 7.28 Å². The van der Waals surface area contributed by atoms with Crippen LogP contribution >= 0.6 is 22.7 Å². The summed E-state index contributed by atoms with van der Waals surface area (Å²) in [5.41, 5.74) is 19.1. The maximum atomic E-state index is 7.44. The quantitative estimate of drug-likeness (QED) is 0.178. The minimum Gasteiger partial charge on any atom is -0.469 e. The SMILES string of the molecule is Cc1cc2c(cc1N1c3c(oc4cc5c(cc34)C(C)(C)CCC5(C)C)Bc3c(-c4cc5ccccc5cc4Nc4cccc5sc6ccccc6c45)cc4c(sc5ccccc54)c31)C(C)(C)CCC2(C)C. The van der Waals surface area contributed by atoms with Gasteiger partial charge in [0.05, 0.1) is 21.7 Å². The summed E-state index contributed by atoms with van der Waals surface area (Å²) < 4.78 is 12.7. The van der Waals surface area contributed by atoms with E-state index in [1.807, 2.05) is 22.7 Å². The predicted octanol–water partition coefficient (Wildman–Crippen LogP) is 17.9. The van der Waals surface area contributed by atoms with Gasteiger partial charge in [-0.3, -0.25) is 0 Å². The summed E-state index contributed by atoms with van der Waals surface area (Å²) in [5, 5.41) is 12.9. The Bertz CT molecular complexity index is 4100. The normalized spacial score (nSPS) is 17.4. The van der Waals surface area contributed by atoms with Crippen molar-refractivity contribution in [2.75, 3.05) is 10.2 Å². The minimum atomic E-state index is 0.0268. The zero-order chi connectivity index (χ0) is 48.5. The zero-order valence-electron chi connectivity index (χ0n) is 42.4. The zero-order valence-corrected chi connectivity index (χ0v) is 44.0. The number of nitrogens with zero attached hydrogens (tertiary/aromatic N) is 1. The van der Waals surface area contributed by atoms with Gasteiger partial charge < -0.3 is 14.6 Å². The van der Waals surface area contributed by atoms with Crippen molar-refractivity contribution in [1.82, 2.24) is 0 Å². The van der Waals surface area contributed by atoms with Crippen LogP contribution in [0.2, 0.25) is 0 Å². The number of hydrogen-bond donors (Lipinski definition) is 1. The van der Waals surface area contributed by atoms with Gasteiger partial charge in [0.1, 0.15) is 5.58 Å². The standard InChI is InChI=1S/C65H59BN2OS2/c1-36-29-45-47(64(6,7)27-25-62(45,2)3)34-51(36)68-58-44-33-46-48(65(8,9)28-26-63(46,4)5)35-52(44)69-61(58)66-57-42(32-43-39-19-12-14-22-53(39)71-60(43)59(57)68)41-30-37-17-10-11-18-38(37)31-50(41)67-49-21-16-24-55-56(49)40-20-13-15-23-54(40)70-55/h10-24,29-35,66-67H,25-28H2,1-9H3. The van der Waals surface area contributed by atoms with Crippen molar-refractivity contribution < 1.29 is 4.42 Å². The molecule has 0 amide bonds. The van der Waals surface area contributed by atoms with E-state index < -0.39 is 0 Å². The van der Waals surface area contributed by atoms with Crippen molar-refractivity contribution in [2.45, 2.75) is 110 Å². The number of fused-ring (bicyclic) bond motifs is 14. The lowest BCUT2D eigenvalue weighted by molar-refractivity contribution is 0.332. The van der Waals surface area contributed by atoms with Gasteiger partial charge in [-0.1, -0.05) is 128 Å². The summed E-state index contributed by atoms with van der Waals surface area (Å²) in [7, 11) is 0.673. The summed E-state index contributed by atoms with van der Waals surface area (Å²) in [6.45, 7) is 22.0. The van der Waals surface area contributed by atoms with Crippen LogP contribution in [0, 0.1) is 6.92 Å². The lowest BCUT2D eigenvalue weighted by atomic mass is 9.60. The van der Waals surface area contributed by atoms with Crippen LogP contribution in [0.25, 0.3) is 73.2 Å². The van der Waals surface area contributed by atoms with Gasteiger partial charge in [0.25, 0.3) is 0 Å². The number of aryl methyl sites for hydroxylation is 1. The van der Waals surface area contributed by atoms with Crippen LogP contribution in [0.4, 0.5) is 28.4 Å². The lowest BCUT2D eigenvalue weighted by Gasteiger charge is -2.43. The third kappa shape index (κ3) is 6.39. The molecule has 14 rings (SSSR count). The highest BCUT2D eigenvalue weighted by atomic mass is 32.1. The van der Waals surface area contributed by atoms with Crippen LogP contribution in [0.15, 0.2) is 138 Å². The molecule has 11 aromatic rings. The molecule has 3 aliphatic rings. The van der Waals surface area contributed by atoms with E-state index in [-0.39, 0.29) is 21.7 Å². The Balaban J connectivity index is 1.11. The van der Waals surface area contributed by atoms with E-state index in [4.69, 9.17) is 4.42 Å². The van der Waals surface area contributed by atoms with Crippen molar-refractivity contribution in [3.05, 3.63) is 161 Å². The van der Waals surface area contributed by atoms with Gasteiger partial charge in [0.2, 0.25) is 7.28 Å². The second kappa shape index (κ2) is 14.9. The Hall–Kier alpha value is -6.34. The maximum Gasteiger partial charge on any atom is 0.244 e. The molecule has 0 saturated carbocycles. The maximum absolute atomic E-state index is 7.44. The van der Waals surface area contributed by atoms with Crippen molar-refractivity contribution in [3.8, 4) is 11.1 Å². The van der Waals surface area contributed by atoms with Gasteiger partial charge in [-0.05, 0) is 165 Å². The molecule has 0 bridgehead atoms. The average Bonchev–Trinajstić information content (AvgIpc) is 4.05. The molecule has 350 valence electrons. The first-order chi connectivity index (χ1) is 34.0. The van der Waals surface area contributed by atoms with E-state index in [1.54, 1.807) is 0 Å². The molecule has 0 saturated heterocycles. The summed E-state index contributed by atoms with van der Waals surface area (Å²) in [6, 6.07) is 51.0. The van der Waals surface area contributed by atoms with Crippen molar-refractivity contribution in [2.24, 2.45) is 0 Å². The van der Waals surface area contributed by atoms with Crippen LogP contribution < -0.4 is 21.3 Å². The van der Waals surface area contributed by atoms with Gasteiger partial charge in [-0.15, -0.1) is 22.7 Å². The van der Waals surface area contributed by atoms with Crippen LogP contribution in [0.3, 0.4) is 0 Å². The topological polar surface area (TPSA) is 28.4 Å². The highest BCUT2D eigenvalue weighted by molar-refractivity contribution is 7.26. The first kappa shape index (κ1) is 43.5. The first-order valence-corrected chi connectivity index (χ1v) is 27.4. The molecule has 1 aliphatic heterocycles. The number of benzene rings is 8. The van der Waals surface area contributed by atoms with E-state index in [1.165, 1.54) is 124 Å². The summed E-state index contributed by atoms with van der Waals surface area (Å²) in [5.74, 6) is 0. The molecule has 1 N–H and O–H groups in total. The number of rotatable bonds is 4. The molecule has 2 aliphatic carbocycles. The Labute approximate surface area is 425 Å². The molecule has 0 spiro atoms. The number of anilines is 5. The number of furan rings is 1. The molecule has 71 heavy (non-hydrogen) atoms. The second-order valence-electron chi connectivity index (χ2n) is 23.9. The molecule has 8 aromatic carbocycles. The predicted molar refractivity (Wildman–Crippen MR) is 311 cm³/mol. The van der Waals surface area contributed by atoms with Gasteiger partial charge in [0, 0.05) is 63.7 Å². The summed E-state index contributed by atoms with van der Waals surface area (Å²) in [4.78, 5) is 2.70. The van der Waals surface area contributed by atoms with Crippen LogP contribution in [-0.2, 0) is 21.7 Å². The first-order valence-electron chi connectivity index (χ1n) is 25.8. The molecular weight excluding hydrogens is 900 g/mol. The van der Waals surface area contributed by atoms with E-state index >= 15 is 0 Å². The van der Waals surface area contributed by atoms with Gasteiger partial charge in [-0.25, -0.2) is 0 Å². The number of thiophene rings is 2. The molecule has 3 nitrogen and oxygen atoms in total. The second-order valence-corrected chi connectivity index (χ2v) is 26.0. The summed E-state index contributed by atoms with van der Waals surface area (Å²) >= 11 is 3.81. The fraction of sp³-hybridized carbons (Fsp3) is 0.262. The van der Waals surface area contributed by atoms with Crippen LogP contribution in [0.1, 0.15) is 109 Å². The molecule has 4 heterocycles. The molecule has 6 heteroatoms. The summed E-state index contributed by atoms with van der Waals surface area (Å²) in [6.07, 6.45) is 4.64. The van der Waals surface area contributed by atoms with Crippen molar-refractivity contribution in [1.29, 1.82) is 0 Å². The van der Waals surface area contributed by atoms with E-state index in [9.17, 15) is 0 Å². The van der Waals surface area contributed by atoms with Crippen molar-refractivity contribution >= 4 is 132 Å². The molecule has 3 aromatic heterocycles. The fourth-order valence-corrected chi connectivity index (χ4v) is 15.5. The third-order valence-corrected chi connectivity index (χ3v) is 19.8. The largest absolute Gasteiger partial charge is 0.469 e. The Morgan fingerprint density at radius 2 is 1.10 bits per heavy atom. The molecule has 0 fully saturated rings. The highest BCUT2D eigenvalue weighted by Crippen LogP contribution is 2.55. The van der Waals surface area contributed by atoms with Gasteiger partial charge in [-0.2, -0.15) is 0 Å². The lowest BCUT2D eigenvalue weighted by Crippen LogP contribution is -2.40. The highest BCUT2D eigenvalue weighted by Gasteiger charge is 2.43. The van der Waals surface area contributed by atoms with Crippen molar-refractivity contribution in [3.63, 3.8) is 0 Å². The van der Waals surface area contributed by atoms with E-state index in [0.717, 1.165) is 41.9 Å². The smallest absolute Gasteiger partial charge is 0.244 e. The molecular formula is C65H59BN2OS2. The molecule has 0 radical (unpaired) electrons. The third-order valence-electron chi connectivity index (χ3n) is 17.5. The number of nitrogens with one attached hydrogen (secondary N) is 1. The average molecular weight is 959 g/mol. The number of hydrogen-bond acceptors (Lipinski definition) is 5. The van der Waals surface area contributed by atoms with Gasteiger partial charge in [0.15, 0.2) is 0 Å². The van der Waals surface area contributed by atoms with E-state index in [2.05, 4.69) is 206 Å². The van der Waals surface area contributed by atoms with Crippen LogP contribution in [-0.4, -0.2) is 7.28 Å². The van der Waals surface area contributed by atoms with Crippen LogP contribution in [0.5, 0.6) is 0 Å². The molecule has 0 atom stereocenters. The minimum absolute atomic E-state index is 0.0268.